The molecule has 1 aliphatic heterocycles. The number of rotatable bonds is 2. The first-order valence-corrected chi connectivity index (χ1v) is 10.2. The molecular formula is C24H22FN2OSi-. The summed E-state index contributed by atoms with van der Waals surface area (Å²) < 4.78 is 14.5. The van der Waals surface area contributed by atoms with Crippen LogP contribution in [0, 0.1) is 0 Å². The van der Waals surface area contributed by atoms with E-state index in [-0.39, 0.29) is 11.7 Å². The number of allylic oxidation sites excluding steroid dienone is 6. The van der Waals surface area contributed by atoms with Crippen LogP contribution >= 0.6 is 0 Å². The molecule has 1 aromatic heterocycles. The van der Waals surface area contributed by atoms with Crippen LogP contribution in [0.4, 0.5) is 15.8 Å². The van der Waals surface area contributed by atoms with E-state index in [0.29, 0.717) is 11.3 Å². The van der Waals surface area contributed by atoms with Crippen LogP contribution in [0.3, 0.4) is 0 Å². The van der Waals surface area contributed by atoms with Crippen molar-refractivity contribution in [3.63, 3.8) is 0 Å². The summed E-state index contributed by atoms with van der Waals surface area (Å²) in [5, 5.41) is 0.799. The summed E-state index contributed by atoms with van der Waals surface area (Å²) in [4.78, 5) is 19.2. The molecule has 0 N–H and O–H groups in total. The van der Waals surface area contributed by atoms with Crippen LogP contribution < -0.4 is 10.1 Å². The lowest BCUT2D eigenvalue weighted by Crippen LogP contribution is -2.33. The molecule has 0 saturated heterocycles. The van der Waals surface area contributed by atoms with E-state index in [2.05, 4.69) is 21.3 Å². The van der Waals surface area contributed by atoms with E-state index in [1.54, 1.807) is 30.3 Å². The van der Waals surface area contributed by atoms with E-state index < -0.39 is 5.41 Å². The molecule has 0 unspecified atom stereocenters. The van der Waals surface area contributed by atoms with Crippen LogP contribution in [0.15, 0.2) is 66.3 Å². The Labute approximate surface area is 174 Å². The summed E-state index contributed by atoms with van der Waals surface area (Å²) in [5.41, 5.74) is 4.23. The zero-order chi connectivity index (χ0) is 20.8. The standard InChI is InChI=1S/C24H22FN2OSi/c1-15-6-4-5-7-16(10-21(15)25)17-8-9-20-22(11-17)27(23(28)24(20,2)3)18-12-19(29)14-26-13-18/h6-14H,4-5H2,1-3H3/q-1. The number of fused-ring (bicyclic) bond motifs is 1. The average molecular weight is 402 g/mol. The molecule has 2 aliphatic rings. The van der Waals surface area contributed by atoms with E-state index in [1.807, 2.05) is 44.2 Å². The highest BCUT2D eigenvalue weighted by Crippen LogP contribution is 2.46. The fourth-order valence-electron chi connectivity index (χ4n) is 3.88. The van der Waals surface area contributed by atoms with Gasteiger partial charge in [0.25, 0.3) is 0 Å². The van der Waals surface area contributed by atoms with Crippen molar-refractivity contribution in [3.8, 4) is 0 Å². The van der Waals surface area contributed by atoms with Crippen molar-refractivity contribution in [2.24, 2.45) is 0 Å². The second-order valence-corrected chi connectivity index (χ2v) is 8.62. The monoisotopic (exact) mass is 401 g/mol. The molecule has 0 saturated carbocycles. The lowest BCUT2D eigenvalue weighted by Gasteiger charge is -2.22. The third-order valence-corrected chi connectivity index (χ3v) is 5.88. The molecule has 1 aliphatic carbocycles. The number of anilines is 2. The number of carbonyl (C=O) groups excluding carboxylic acids is 1. The largest absolute Gasteiger partial charge is 0.650 e. The smallest absolute Gasteiger partial charge is 0.241 e. The van der Waals surface area contributed by atoms with Gasteiger partial charge in [0.05, 0.1) is 23.0 Å². The van der Waals surface area contributed by atoms with Crippen molar-refractivity contribution in [3.05, 3.63) is 77.4 Å². The number of hydrogen-bond donors (Lipinski definition) is 0. The number of nitrogens with zero attached hydrogens (tertiary/aromatic N) is 2. The van der Waals surface area contributed by atoms with Gasteiger partial charge in [-0.25, -0.2) is 9.58 Å². The lowest BCUT2D eigenvalue weighted by atomic mass is 9.85. The van der Waals surface area contributed by atoms with Crippen LogP contribution in [-0.2, 0) is 10.2 Å². The Morgan fingerprint density at radius 3 is 2.66 bits per heavy atom. The summed E-state index contributed by atoms with van der Waals surface area (Å²) in [5.74, 6) is -0.225. The topological polar surface area (TPSA) is 33.2 Å². The number of aromatic nitrogens is 1. The molecular weight excluding hydrogens is 379 g/mol. The number of halogens is 1. The number of benzene rings is 1. The van der Waals surface area contributed by atoms with Gasteiger partial charge in [-0.1, -0.05) is 30.4 Å². The number of amides is 1. The van der Waals surface area contributed by atoms with Gasteiger partial charge in [0.1, 0.15) is 5.83 Å². The Kier molecular flexibility index (Phi) is 4.86. The van der Waals surface area contributed by atoms with Crippen molar-refractivity contribution in [1.82, 2.24) is 4.98 Å². The molecule has 1 amide bonds. The molecule has 4 rings (SSSR count). The van der Waals surface area contributed by atoms with Crippen molar-refractivity contribution in [2.75, 3.05) is 4.90 Å². The van der Waals surface area contributed by atoms with E-state index in [0.717, 1.165) is 40.4 Å². The first kappa shape index (κ1) is 19.5. The second kappa shape index (κ2) is 7.23. The number of hydrogen-bond acceptors (Lipinski definition) is 2. The minimum Gasteiger partial charge on any atom is -0.650 e. The summed E-state index contributed by atoms with van der Waals surface area (Å²) in [6.45, 7) is 5.66. The van der Waals surface area contributed by atoms with E-state index >= 15 is 0 Å². The Balaban J connectivity index is 1.85. The van der Waals surface area contributed by atoms with E-state index in [1.165, 1.54) is 0 Å². The van der Waals surface area contributed by atoms with Crippen LogP contribution in [-0.4, -0.2) is 21.1 Å². The number of pyridine rings is 1. The second-order valence-electron chi connectivity index (χ2n) is 8.05. The van der Waals surface area contributed by atoms with Gasteiger partial charge in [0, 0.05) is 0 Å². The first-order chi connectivity index (χ1) is 13.8. The fourth-order valence-corrected chi connectivity index (χ4v) is 4.10. The van der Waals surface area contributed by atoms with E-state index in [4.69, 9.17) is 0 Å². The number of carbonyl (C=O) groups is 1. The van der Waals surface area contributed by atoms with E-state index in [9.17, 15) is 9.18 Å². The van der Waals surface area contributed by atoms with Crippen molar-refractivity contribution in [1.29, 1.82) is 0 Å². The predicted molar refractivity (Wildman–Crippen MR) is 116 cm³/mol. The van der Waals surface area contributed by atoms with Crippen LogP contribution in [0.2, 0.25) is 0 Å². The zero-order valence-electron chi connectivity index (χ0n) is 16.8. The van der Waals surface area contributed by atoms with Gasteiger partial charge in [-0.05, 0) is 74.2 Å². The quantitative estimate of drug-likeness (QED) is 0.677. The highest BCUT2D eigenvalue weighted by molar-refractivity contribution is 6.32. The Bertz CT molecular complexity index is 1100. The molecule has 2 aromatic rings. The zero-order valence-corrected chi connectivity index (χ0v) is 17.8. The summed E-state index contributed by atoms with van der Waals surface area (Å²) in [6, 6.07) is 7.83. The van der Waals surface area contributed by atoms with Gasteiger partial charge in [-0.2, -0.15) is 0 Å². The minimum atomic E-state index is -0.647. The van der Waals surface area contributed by atoms with Gasteiger partial charge >= 0.3 is 0 Å². The molecule has 29 heavy (non-hydrogen) atoms. The van der Waals surface area contributed by atoms with Crippen molar-refractivity contribution < 1.29 is 9.18 Å². The first-order valence-electron chi connectivity index (χ1n) is 9.69. The van der Waals surface area contributed by atoms with Gasteiger partial charge in [-0.3, -0.25) is 14.7 Å². The highest BCUT2D eigenvalue weighted by Gasteiger charge is 2.44. The third-order valence-electron chi connectivity index (χ3n) is 5.61. The molecule has 2 radical (unpaired) electrons. The Morgan fingerprint density at radius 2 is 1.90 bits per heavy atom. The van der Waals surface area contributed by atoms with Crippen LogP contribution in [0.5, 0.6) is 0 Å². The normalized spacial score (nSPS) is 18.4. The van der Waals surface area contributed by atoms with Crippen LogP contribution in [0.25, 0.3) is 5.57 Å². The average Bonchev–Trinajstić information content (AvgIpc) is 2.88. The molecule has 146 valence electrons. The van der Waals surface area contributed by atoms with Gasteiger partial charge in [0.2, 0.25) is 5.91 Å². The highest BCUT2D eigenvalue weighted by atomic mass is 28.1. The molecule has 0 atom stereocenters. The Hall–Kier alpha value is -2.79. The predicted octanol–water partition coefficient (Wildman–Crippen LogP) is 4.81. The molecule has 3 nitrogen and oxygen atoms in total. The molecule has 5 heteroatoms. The van der Waals surface area contributed by atoms with Crippen molar-refractivity contribution >= 4 is 38.3 Å². The maximum atomic E-state index is 14.5. The summed E-state index contributed by atoms with van der Waals surface area (Å²) >= 11 is 0. The SMILES string of the molecule is CC1=CCCC=C(c2ccc3c(c2)N(c2cncc([Si-])c2)C(=O)C3(C)C)C=C1F. The lowest BCUT2D eigenvalue weighted by molar-refractivity contribution is -0.121. The maximum absolute atomic E-state index is 14.5. The van der Waals surface area contributed by atoms with Crippen molar-refractivity contribution in [2.45, 2.75) is 39.0 Å². The minimum absolute atomic E-state index is 0.00383. The van der Waals surface area contributed by atoms with Gasteiger partial charge < -0.3 is 10.2 Å². The third kappa shape index (κ3) is 3.40. The van der Waals surface area contributed by atoms with Gasteiger partial charge in [0.15, 0.2) is 0 Å². The molecule has 0 fully saturated rings. The van der Waals surface area contributed by atoms with Gasteiger partial charge in [-0.15, -0.1) is 0 Å². The maximum Gasteiger partial charge on any atom is 0.241 e. The summed E-state index contributed by atoms with van der Waals surface area (Å²) in [7, 11) is 3.49. The molecule has 2 heterocycles. The molecule has 0 spiro atoms. The van der Waals surface area contributed by atoms with Crippen LogP contribution in [0.1, 0.15) is 44.7 Å². The Morgan fingerprint density at radius 1 is 1.14 bits per heavy atom. The molecule has 0 bridgehead atoms. The fraction of sp³-hybridized carbons (Fsp3) is 0.250. The molecule has 1 aromatic carbocycles. The summed E-state index contributed by atoms with van der Waals surface area (Å²) in [6.07, 6.45) is 10.6.